The average molecular weight is 570 g/mol. The van der Waals surface area contributed by atoms with Crippen LogP contribution in [0.5, 0.6) is 11.5 Å². The van der Waals surface area contributed by atoms with Crippen LogP contribution in [0.1, 0.15) is 62.4 Å². The van der Waals surface area contributed by atoms with Gasteiger partial charge < -0.3 is 14.7 Å². The smallest absolute Gasteiger partial charge is 0.160 e. The topological polar surface area (TPSA) is 57.4 Å². The van der Waals surface area contributed by atoms with Gasteiger partial charge in [0.25, 0.3) is 0 Å². The second kappa shape index (κ2) is 12.7. The SMILES string of the molecule is CCCCC(CC)COc1ccc(C2=NC(c3cccc4ccccc34)=NC(c3cccc4ccccc34)N2C)c(O)c1. The van der Waals surface area contributed by atoms with Gasteiger partial charge in [0, 0.05) is 24.2 Å². The van der Waals surface area contributed by atoms with Crippen molar-refractivity contribution in [2.75, 3.05) is 13.7 Å². The molecule has 1 aliphatic rings. The van der Waals surface area contributed by atoms with E-state index in [9.17, 15) is 5.11 Å². The molecule has 6 rings (SSSR count). The Hall–Kier alpha value is -4.64. The normalized spacial score (nSPS) is 15.8. The highest BCUT2D eigenvalue weighted by Crippen LogP contribution is 2.36. The van der Waals surface area contributed by atoms with Crippen molar-refractivity contribution in [2.24, 2.45) is 15.9 Å². The molecule has 0 aliphatic carbocycles. The fourth-order valence-corrected chi connectivity index (χ4v) is 5.98. The number of benzene rings is 5. The molecule has 1 heterocycles. The summed E-state index contributed by atoms with van der Waals surface area (Å²) in [5.41, 5.74) is 2.69. The lowest BCUT2D eigenvalue weighted by molar-refractivity contribution is 0.232. The lowest BCUT2D eigenvalue weighted by Gasteiger charge is -2.33. The molecular formula is C38H39N3O2. The van der Waals surface area contributed by atoms with Crippen LogP contribution in [-0.2, 0) is 0 Å². The van der Waals surface area contributed by atoms with Gasteiger partial charge in [-0.15, -0.1) is 0 Å². The summed E-state index contributed by atoms with van der Waals surface area (Å²) in [6.07, 6.45) is 4.29. The van der Waals surface area contributed by atoms with Crippen LogP contribution < -0.4 is 4.74 Å². The molecule has 5 heteroatoms. The fourth-order valence-electron chi connectivity index (χ4n) is 5.98. The molecule has 5 aromatic rings. The number of aromatic hydroxyl groups is 1. The summed E-state index contributed by atoms with van der Waals surface area (Å²) in [6, 6.07) is 34.9. The minimum absolute atomic E-state index is 0.139. The molecule has 0 fully saturated rings. The fraction of sp³-hybridized carbons (Fsp3) is 0.263. The summed E-state index contributed by atoms with van der Waals surface area (Å²) in [5, 5.41) is 15.9. The monoisotopic (exact) mass is 569 g/mol. The van der Waals surface area contributed by atoms with Crippen molar-refractivity contribution in [3.8, 4) is 11.5 Å². The molecule has 0 spiro atoms. The van der Waals surface area contributed by atoms with Crippen molar-refractivity contribution in [1.29, 1.82) is 0 Å². The Bertz CT molecular complexity index is 1800. The zero-order valence-electron chi connectivity index (χ0n) is 25.2. The Morgan fingerprint density at radius 3 is 2.26 bits per heavy atom. The van der Waals surface area contributed by atoms with Gasteiger partial charge in [0.15, 0.2) is 12.0 Å². The largest absolute Gasteiger partial charge is 0.507 e. The Balaban J connectivity index is 1.42. The van der Waals surface area contributed by atoms with E-state index in [4.69, 9.17) is 14.7 Å². The Morgan fingerprint density at radius 1 is 0.814 bits per heavy atom. The van der Waals surface area contributed by atoms with Gasteiger partial charge in [-0.2, -0.15) is 0 Å². The van der Waals surface area contributed by atoms with E-state index in [0.717, 1.165) is 45.5 Å². The Kier molecular flexibility index (Phi) is 8.41. The molecule has 2 atom stereocenters. The first-order valence-corrected chi connectivity index (χ1v) is 15.4. The Morgan fingerprint density at radius 2 is 1.51 bits per heavy atom. The number of phenols is 1. The van der Waals surface area contributed by atoms with Gasteiger partial charge >= 0.3 is 0 Å². The van der Waals surface area contributed by atoms with E-state index in [1.54, 1.807) is 6.07 Å². The molecular weight excluding hydrogens is 530 g/mol. The maximum atomic E-state index is 11.4. The molecule has 43 heavy (non-hydrogen) atoms. The maximum absolute atomic E-state index is 11.4. The minimum Gasteiger partial charge on any atom is -0.507 e. The number of fused-ring (bicyclic) bond motifs is 2. The lowest BCUT2D eigenvalue weighted by Crippen LogP contribution is -2.35. The van der Waals surface area contributed by atoms with Crippen molar-refractivity contribution in [3.63, 3.8) is 0 Å². The summed E-state index contributed by atoms with van der Waals surface area (Å²) in [4.78, 5) is 12.4. The summed E-state index contributed by atoms with van der Waals surface area (Å²) < 4.78 is 6.15. The molecule has 1 N–H and O–H groups in total. The van der Waals surface area contributed by atoms with Gasteiger partial charge in [0.1, 0.15) is 17.3 Å². The van der Waals surface area contributed by atoms with E-state index in [1.165, 1.54) is 12.8 Å². The lowest BCUT2D eigenvalue weighted by atomic mass is 9.99. The van der Waals surface area contributed by atoms with Crippen molar-refractivity contribution in [2.45, 2.75) is 45.7 Å². The first-order chi connectivity index (χ1) is 21.1. The molecule has 0 saturated carbocycles. The van der Waals surface area contributed by atoms with Crippen molar-refractivity contribution >= 4 is 33.2 Å². The highest BCUT2D eigenvalue weighted by molar-refractivity contribution is 6.18. The standard InChI is InChI=1S/C38H39N3O2/c1-4-6-13-26(5-2)25-43-29-22-23-34(35(42)24-29)38-40-36(32-20-11-16-27-14-7-9-18-30(27)32)39-37(41(38)3)33-21-12-17-28-15-8-10-19-31(28)33/h7-12,14-24,26,37,42H,4-6,13,25H2,1-3H3. The Labute approximate surface area is 254 Å². The quantitative estimate of drug-likeness (QED) is 0.182. The van der Waals surface area contributed by atoms with Crippen LogP contribution in [0.25, 0.3) is 21.5 Å². The van der Waals surface area contributed by atoms with Crippen molar-refractivity contribution in [3.05, 3.63) is 120 Å². The van der Waals surface area contributed by atoms with Crippen molar-refractivity contribution < 1.29 is 9.84 Å². The van der Waals surface area contributed by atoms with Crippen LogP contribution in [0.15, 0.2) is 113 Å². The van der Waals surface area contributed by atoms with Gasteiger partial charge in [-0.25, -0.2) is 9.98 Å². The average Bonchev–Trinajstić information content (AvgIpc) is 3.05. The van der Waals surface area contributed by atoms with E-state index in [-0.39, 0.29) is 11.9 Å². The molecule has 218 valence electrons. The number of phenolic OH excluding ortho intramolecular Hbond substituents is 1. The predicted octanol–water partition coefficient (Wildman–Crippen LogP) is 9.13. The molecule has 2 unspecified atom stereocenters. The summed E-state index contributed by atoms with van der Waals surface area (Å²) >= 11 is 0. The van der Waals surface area contributed by atoms with Crippen LogP contribution in [0.4, 0.5) is 0 Å². The molecule has 0 radical (unpaired) electrons. The zero-order valence-corrected chi connectivity index (χ0v) is 25.2. The third kappa shape index (κ3) is 5.85. The van der Waals surface area contributed by atoms with Gasteiger partial charge in [-0.1, -0.05) is 118 Å². The third-order valence-corrected chi connectivity index (χ3v) is 8.53. The van der Waals surface area contributed by atoms with Gasteiger partial charge in [0.2, 0.25) is 0 Å². The first-order valence-electron chi connectivity index (χ1n) is 15.4. The molecule has 0 saturated heterocycles. The van der Waals surface area contributed by atoms with Crippen LogP contribution in [-0.4, -0.2) is 35.3 Å². The van der Waals surface area contributed by atoms with E-state index in [0.29, 0.717) is 35.5 Å². The zero-order chi connectivity index (χ0) is 29.8. The van der Waals surface area contributed by atoms with Gasteiger partial charge in [0.05, 0.1) is 12.2 Å². The number of hydrogen-bond donors (Lipinski definition) is 1. The number of hydrogen-bond acceptors (Lipinski definition) is 5. The highest BCUT2D eigenvalue weighted by Gasteiger charge is 2.29. The second-order valence-electron chi connectivity index (χ2n) is 11.4. The van der Waals surface area contributed by atoms with Crippen molar-refractivity contribution in [1.82, 2.24) is 4.90 Å². The van der Waals surface area contributed by atoms with Crippen LogP contribution >= 0.6 is 0 Å². The molecule has 0 amide bonds. The van der Waals surface area contributed by atoms with E-state index >= 15 is 0 Å². The number of unbranched alkanes of at least 4 members (excludes halogenated alkanes) is 1. The first kappa shape index (κ1) is 28.5. The third-order valence-electron chi connectivity index (χ3n) is 8.53. The second-order valence-corrected chi connectivity index (χ2v) is 11.4. The molecule has 0 bridgehead atoms. The number of amidine groups is 2. The molecule has 0 aromatic heterocycles. The molecule has 1 aliphatic heterocycles. The van der Waals surface area contributed by atoms with Crippen LogP contribution in [0.2, 0.25) is 0 Å². The summed E-state index contributed by atoms with van der Waals surface area (Å²) in [7, 11) is 2.00. The number of nitrogens with zero attached hydrogens (tertiary/aromatic N) is 3. The predicted molar refractivity (Wildman–Crippen MR) is 178 cm³/mol. The summed E-state index contributed by atoms with van der Waals surface area (Å²) in [5.74, 6) is 2.62. The van der Waals surface area contributed by atoms with E-state index < -0.39 is 0 Å². The highest BCUT2D eigenvalue weighted by atomic mass is 16.5. The minimum atomic E-state index is -0.341. The van der Waals surface area contributed by atoms with Gasteiger partial charge in [-0.05, 0) is 46.0 Å². The number of rotatable bonds is 10. The maximum Gasteiger partial charge on any atom is 0.160 e. The van der Waals surface area contributed by atoms with Gasteiger partial charge in [-0.3, -0.25) is 0 Å². The number of aliphatic imine (C=N–C) groups is 2. The molecule has 5 aromatic carbocycles. The molecule has 5 nitrogen and oxygen atoms in total. The van der Waals surface area contributed by atoms with Crippen LogP contribution in [0, 0.1) is 5.92 Å². The van der Waals surface area contributed by atoms with Crippen LogP contribution in [0.3, 0.4) is 0 Å². The van der Waals surface area contributed by atoms with E-state index in [2.05, 4.69) is 85.5 Å². The van der Waals surface area contributed by atoms with E-state index in [1.807, 2.05) is 37.4 Å². The summed E-state index contributed by atoms with van der Waals surface area (Å²) in [6.45, 7) is 5.08. The number of ether oxygens (including phenoxy) is 1.